The Hall–Kier alpha value is -4.02. The van der Waals surface area contributed by atoms with E-state index in [1.807, 2.05) is 18.2 Å². The number of nitrogens with one attached hydrogen (secondary N) is 1. The standard InChI is InChI=1S/C31H33N5O5/c37-22-9-12-35(17-22)28-7-2-20-13-19(1-5-26(20)32-28)15-34-11-10-24(18-34)41-23-3-4-25-21(14-23)16-36(31(25)40)27-6-8-29(38)33-30(27)39/h1-5,7,13-14,22,24,27,37H,6,8-12,15-18H2,(H,33,38,39)/t22-,24+,27?/m1/s1. The molecule has 41 heavy (non-hydrogen) atoms. The van der Waals surface area contributed by atoms with Gasteiger partial charge in [0.15, 0.2) is 0 Å². The van der Waals surface area contributed by atoms with Crippen molar-refractivity contribution in [3.8, 4) is 5.75 Å². The molecule has 4 aliphatic rings. The molecule has 2 N–H and O–H groups in total. The second-order valence-electron chi connectivity index (χ2n) is 11.6. The zero-order valence-electron chi connectivity index (χ0n) is 22.8. The van der Waals surface area contributed by atoms with Crippen LogP contribution < -0.4 is 15.0 Å². The van der Waals surface area contributed by atoms with Crippen molar-refractivity contribution in [3.63, 3.8) is 0 Å². The van der Waals surface area contributed by atoms with Crippen LogP contribution in [0.2, 0.25) is 0 Å². The van der Waals surface area contributed by atoms with Crippen molar-refractivity contribution in [2.24, 2.45) is 0 Å². The van der Waals surface area contributed by atoms with E-state index in [0.29, 0.717) is 25.1 Å². The van der Waals surface area contributed by atoms with Crippen molar-refractivity contribution in [2.75, 3.05) is 31.1 Å². The number of fused-ring (bicyclic) bond motifs is 2. The number of aliphatic hydroxyl groups is 1. The fraction of sp³-hybridized carbons (Fsp3) is 0.419. The molecule has 2 aromatic carbocycles. The average Bonchev–Trinajstić information content (AvgIpc) is 3.67. The lowest BCUT2D eigenvalue weighted by molar-refractivity contribution is -0.136. The molecule has 10 heteroatoms. The summed E-state index contributed by atoms with van der Waals surface area (Å²) in [6.07, 6.45) is 2.07. The molecule has 5 heterocycles. The Morgan fingerprint density at radius 1 is 0.976 bits per heavy atom. The first-order valence-electron chi connectivity index (χ1n) is 14.4. The number of aromatic nitrogens is 1. The van der Waals surface area contributed by atoms with Crippen LogP contribution >= 0.6 is 0 Å². The second kappa shape index (κ2) is 10.4. The van der Waals surface area contributed by atoms with E-state index < -0.39 is 11.9 Å². The molecule has 0 spiro atoms. The summed E-state index contributed by atoms with van der Waals surface area (Å²) in [6.45, 7) is 4.39. The summed E-state index contributed by atoms with van der Waals surface area (Å²) >= 11 is 0. The van der Waals surface area contributed by atoms with Crippen LogP contribution in [-0.4, -0.2) is 82.0 Å². The van der Waals surface area contributed by atoms with Crippen molar-refractivity contribution in [3.05, 3.63) is 65.2 Å². The van der Waals surface area contributed by atoms with Crippen molar-refractivity contribution < 1.29 is 24.2 Å². The number of amides is 3. The number of hydrogen-bond donors (Lipinski definition) is 2. The zero-order chi connectivity index (χ0) is 28.1. The SMILES string of the molecule is O=C1CCC(N2Cc3cc(O[C@H]4CCN(Cc5ccc6nc(N7CC[C@@H](O)C7)ccc6c5)C4)ccc3C2=O)C(=O)N1. The third kappa shape index (κ3) is 5.13. The van der Waals surface area contributed by atoms with Gasteiger partial charge in [-0.1, -0.05) is 6.07 Å². The Morgan fingerprint density at radius 2 is 1.88 bits per heavy atom. The predicted molar refractivity (Wildman–Crippen MR) is 151 cm³/mol. The number of β-amino-alcohol motifs (C(OH)–C–C–N with tert-alkyl or cyclic N) is 1. The van der Waals surface area contributed by atoms with Gasteiger partial charge in [-0.3, -0.25) is 24.6 Å². The smallest absolute Gasteiger partial charge is 0.255 e. The van der Waals surface area contributed by atoms with Crippen LogP contribution in [0, 0.1) is 0 Å². The van der Waals surface area contributed by atoms with Gasteiger partial charge in [-0.05, 0) is 72.9 Å². The normalized spacial score (nSPS) is 24.8. The molecule has 0 saturated carbocycles. The Morgan fingerprint density at radius 3 is 2.71 bits per heavy atom. The van der Waals surface area contributed by atoms with Crippen molar-refractivity contribution >= 4 is 34.4 Å². The van der Waals surface area contributed by atoms with Crippen LogP contribution in [0.1, 0.15) is 47.2 Å². The molecule has 3 saturated heterocycles. The average molecular weight is 556 g/mol. The monoisotopic (exact) mass is 555 g/mol. The van der Waals surface area contributed by atoms with Gasteiger partial charge in [-0.15, -0.1) is 0 Å². The molecular formula is C31H33N5O5. The number of piperidine rings is 1. The van der Waals surface area contributed by atoms with E-state index >= 15 is 0 Å². The molecule has 4 aliphatic heterocycles. The van der Waals surface area contributed by atoms with Crippen LogP contribution in [0.25, 0.3) is 10.9 Å². The third-order valence-corrected chi connectivity index (χ3v) is 8.66. The molecule has 3 atom stereocenters. The Labute approximate surface area is 237 Å². The Bertz CT molecular complexity index is 1540. The number of likely N-dealkylation sites (tertiary alicyclic amines) is 1. The number of carbonyl (C=O) groups is 3. The number of rotatable bonds is 6. The number of hydrogen-bond acceptors (Lipinski definition) is 8. The maximum atomic E-state index is 13.0. The number of aliphatic hydroxyl groups excluding tert-OH is 1. The molecule has 0 radical (unpaired) electrons. The largest absolute Gasteiger partial charge is 0.489 e. The summed E-state index contributed by atoms with van der Waals surface area (Å²) in [4.78, 5) is 47.7. The molecule has 3 aromatic rings. The first-order valence-corrected chi connectivity index (χ1v) is 14.4. The van der Waals surface area contributed by atoms with Gasteiger partial charge in [0.25, 0.3) is 5.91 Å². The van der Waals surface area contributed by atoms with E-state index in [4.69, 9.17) is 9.72 Å². The fourth-order valence-electron chi connectivity index (χ4n) is 6.50. The van der Waals surface area contributed by atoms with Gasteiger partial charge in [-0.25, -0.2) is 4.98 Å². The van der Waals surface area contributed by atoms with Crippen molar-refractivity contribution in [1.82, 2.24) is 20.1 Å². The fourth-order valence-corrected chi connectivity index (χ4v) is 6.50. The maximum Gasteiger partial charge on any atom is 0.255 e. The topological polar surface area (TPSA) is 115 Å². The van der Waals surface area contributed by atoms with Gasteiger partial charge < -0.3 is 19.6 Å². The van der Waals surface area contributed by atoms with Gasteiger partial charge in [0.1, 0.15) is 23.7 Å². The molecule has 7 rings (SSSR count). The van der Waals surface area contributed by atoms with E-state index in [9.17, 15) is 19.5 Å². The van der Waals surface area contributed by atoms with Crippen LogP contribution in [0.4, 0.5) is 5.82 Å². The van der Waals surface area contributed by atoms with Crippen molar-refractivity contribution in [2.45, 2.75) is 57.0 Å². The quantitative estimate of drug-likeness (QED) is 0.445. The minimum absolute atomic E-state index is 0.0527. The number of carbonyl (C=O) groups excluding carboxylic acids is 3. The van der Waals surface area contributed by atoms with E-state index in [2.05, 4.69) is 39.4 Å². The van der Waals surface area contributed by atoms with Gasteiger partial charge in [0, 0.05) is 56.6 Å². The Kier molecular flexibility index (Phi) is 6.59. The lowest BCUT2D eigenvalue weighted by Gasteiger charge is -2.29. The van der Waals surface area contributed by atoms with Crippen LogP contribution in [0.3, 0.4) is 0 Å². The molecule has 3 fully saturated rings. The summed E-state index contributed by atoms with van der Waals surface area (Å²) in [5.41, 5.74) is 3.63. The highest BCUT2D eigenvalue weighted by Crippen LogP contribution is 2.31. The minimum Gasteiger partial charge on any atom is -0.489 e. The highest BCUT2D eigenvalue weighted by atomic mass is 16.5. The van der Waals surface area contributed by atoms with Crippen LogP contribution in [-0.2, 0) is 22.7 Å². The van der Waals surface area contributed by atoms with E-state index in [0.717, 1.165) is 67.1 Å². The lowest BCUT2D eigenvalue weighted by atomic mass is 10.0. The molecular weight excluding hydrogens is 522 g/mol. The van der Waals surface area contributed by atoms with Crippen molar-refractivity contribution in [1.29, 1.82) is 0 Å². The molecule has 3 amide bonds. The number of pyridine rings is 1. The Balaban J connectivity index is 0.960. The summed E-state index contributed by atoms with van der Waals surface area (Å²) in [5, 5.41) is 13.3. The van der Waals surface area contributed by atoms with Gasteiger partial charge in [-0.2, -0.15) is 0 Å². The van der Waals surface area contributed by atoms with E-state index in [-0.39, 0.29) is 30.4 Å². The van der Waals surface area contributed by atoms with E-state index in [1.165, 1.54) is 5.56 Å². The number of nitrogens with zero attached hydrogens (tertiary/aromatic N) is 4. The zero-order valence-corrected chi connectivity index (χ0v) is 22.8. The number of anilines is 1. The van der Waals surface area contributed by atoms with E-state index in [1.54, 1.807) is 11.0 Å². The predicted octanol–water partition coefficient (Wildman–Crippen LogP) is 2.22. The van der Waals surface area contributed by atoms with Crippen LogP contribution in [0.5, 0.6) is 5.75 Å². The first kappa shape index (κ1) is 25.9. The van der Waals surface area contributed by atoms with Crippen LogP contribution in [0.15, 0.2) is 48.5 Å². The third-order valence-electron chi connectivity index (χ3n) is 8.66. The van der Waals surface area contributed by atoms with Gasteiger partial charge >= 0.3 is 0 Å². The maximum absolute atomic E-state index is 13.0. The molecule has 0 bridgehead atoms. The summed E-state index contributed by atoms with van der Waals surface area (Å²) in [5.74, 6) is 0.778. The number of benzene rings is 2. The molecule has 212 valence electrons. The molecule has 0 aliphatic carbocycles. The summed E-state index contributed by atoms with van der Waals surface area (Å²) in [7, 11) is 0. The second-order valence-corrected chi connectivity index (χ2v) is 11.6. The number of imide groups is 1. The van der Waals surface area contributed by atoms with Gasteiger partial charge in [0.2, 0.25) is 11.8 Å². The highest BCUT2D eigenvalue weighted by molar-refractivity contribution is 6.05. The summed E-state index contributed by atoms with van der Waals surface area (Å²) < 4.78 is 6.33. The molecule has 1 aromatic heterocycles. The number of ether oxygens (including phenoxy) is 1. The lowest BCUT2D eigenvalue weighted by Crippen LogP contribution is -2.52. The highest BCUT2D eigenvalue weighted by Gasteiger charge is 2.39. The summed E-state index contributed by atoms with van der Waals surface area (Å²) in [6, 6.07) is 15.5. The first-order chi connectivity index (χ1) is 19.9. The van der Waals surface area contributed by atoms with Gasteiger partial charge in [0.05, 0.1) is 11.6 Å². The molecule has 1 unspecified atom stereocenters. The molecule has 10 nitrogen and oxygen atoms in total. The minimum atomic E-state index is -0.618.